The maximum atomic E-state index is 12.3. The lowest BCUT2D eigenvalue weighted by molar-refractivity contribution is 0.101. The highest BCUT2D eigenvalue weighted by molar-refractivity contribution is 7.22. The van der Waals surface area contributed by atoms with Crippen LogP contribution in [0.1, 0.15) is 10.6 Å². The van der Waals surface area contributed by atoms with Crippen molar-refractivity contribution in [3.63, 3.8) is 0 Å². The molecule has 0 saturated carbocycles. The van der Waals surface area contributed by atoms with Crippen LogP contribution in [0.2, 0.25) is 5.02 Å². The number of thiazole rings is 1. The summed E-state index contributed by atoms with van der Waals surface area (Å²) in [4.78, 5) is 23.9. The van der Waals surface area contributed by atoms with Gasteiger partial charge in [-0.2, -0.15) is 0 Å². The van der Waals surface area contributed by atoms with Gasteiger partial charge in [-0.1, -0.05) is 41.1 Å². The number of aromatic amines is 1. The Morgan fingerprint density at radius 2 is 2.00 bits per heavy atom. The van der Waals surface area contributed by atoms with E-state index in [2.05, 4.69) is 20.3 Å². The highest BCUT2D eigenvalue weighted by Gasteiger charge is 2.14. The summed E-state index contributed by atoms with van der Waals surface area (Å²) in [5.41, 5.74) is 2.26. The molecule has 0 aliphatic carbocycles. The lowest BCUT2D eigenvalue weighted by Gasteiger charge is -1.96. The first-order chi connectivity index (χ1) is 10.7. The van der Waals surface area contributed by atoms with E-state index in [1.54, 1.807) is 6.07 Å². The number of anilines is 1. The van der Waals surface area contributed by atoms with Gasteiger partial charge in [-0.05, 0) is 24.3 Å². The average molecular weight is 329 g/mol. The number of rotatable bonds is 2. The number of imidazole rings is 1. The molecule has 0 aliphatic heterocycles. The molecule has 108 valence electrons. The third kappa shape index (κ3) is 2.22. The number of carbonyl (C=O) groups excluding carboxylic acids is 1. The van der Waals surface area contributed by atoms with Crippen LogP contribution in [0, 0.1) is 0 Å². The van der Waals surface area contributed by atoms with E-state index in [-0.39, 0.29) is 11.7 Å². The third-order valence-electron chi connectivity index (χ3n) is 3.19. The van der Waals surface area contributed by atoms with Gasteiger partial charge in [0.25, 0.3) is 5.91 Å². The highest BCUT2D eigenvalue weighted by atomic mass is 35.5. The summed E-state index contributed by atoms with van der Waals surface area (Å²) in [6.45, 7) is 0. The third-order valence-corrected chi connectivity index (χ3v) is 4.44. The van der Waals surface area contributed by atoms with Crippen LogP contribution in [0.4, 0.5) is 5.13 Å². The highest BCUT2D eigenvalue weighted by Crippen LogP contribution is 2.30. The molecule has 4 aromatic rings. The molecule has 0 saturated heterocycles. The summed E-state index contributed by atoms with van der Waals surface area (Å²) < 4.78 is 0.924. The van der Waals surface area contributed by atoms with Gasteiger partial charge in [-0.3, -0.25) is 10.1 Å². The SMILES string of the molecule is O=C(Nc1nc2c(Cl)cccc2s1)c1nc2ccccc2[nH]1. The van der Waals surface area contributed by atoms with Crippen LogP contribution in [-0.2, 0) is 0 Å². The van der Waals surface area contributed by atoms with Gasteiger partial charge in [0.05, 0.1) is 20.8 Å². The number of hydrogen-bond donors (Lipinski definition) is 2. The molecular weight excluding hydrogens is 320 g/mol. The molecule has 0 bridgehead atoms. The summed E-state index contributed by atoms with van der Waals surface area (Å²) in [6, 6.07) is 13.0. The number of hydrogen-bond acceptors (Lipinski definition) is 4. The van der Waals surface area contributed by atoms with Gasteiger partial charge in [-0.15, -0.1) is 0 Å². The molecule has 0 fully saturated rings. The molecule has 22 heavy (non-hydrogen) atoms. The molecule has 0 spiro atoms. The van der Waals surface area contributed by atoms with Crippen molar-refractivity contribution in [1.29, 1.82) is 0 Å². The lowest BCUT2D eigenvalue weighted by Crippen LogP contribution is -2.13. The number of fused-ring (bicyclic) bond motifs is 2. The van der Waals surface area contributed by atoms with E-state index < -0.39 is 0 Å². The first kappa shape index (κ1) is 13.2. The zero-order valence-electron chi connectivity index (χ0n) is 11.1. The smallest absolute Gasteiger partial charge is 0.293 e. The van der Waals surface area contributed by atoms with Crippen molar-refractivity contribution in [2.24, 2.45) is 0 Å². The van der Waals surface area contributed by atoms with E-state index in [0.717, 1.165) is 15.7 Å². The number of aromatic nitrogens is 3. The first-order valence-electron chi connectivity index (χ1n) is 6.52. The average Bonchev–Trinajstić information content (AvgIpc) is 3.11. The minimum atomic E-state index is -0.327. The van der Waals surface area contributed by atoms with Crippen LogP contribution in [0.15, 0.2) is 42.5 Å². The molecule has 2 heterocycles. The molecule has 5 nitrogen and oxygen atoms in total. The maximum absolute atomic E-state index is 12.3. The van der Waals surface area contributed by atoms with Gasteiger partial charge in [0.2, 0.25) is 0 Å². The van der Waals surface area contributed by atoms with Crippen LogP contribution in [-0.4, -0.2) is 20.9 Å². The van der Waals surface area contributed by atoms with Crippen LogP contribution in [0.25, 0.3) is 21.3 Å². The monoisotopic (exact) mass is 328 g/mol. The number of benzene rings is 2. The van der Waals surface area contributed by atoms with Gasteiger partial charge < -0.3 is 4.98 Å². The summed E-state index contributed by atoms with van der Waals surface area (Å²) >= 11 is 7.46. The van der Waals surface area contributed by atoms with Crippen LogP contribution < -0.4 is 5.32 Å². The van der Waals surface area contributed by atoms with Crippen molar-refractivity contribution in [3.05, 3.63) is 53.3 Å². The van der Waals surface area contributed by atoms with Gasteiger partial charge in [-0.25, -0.2) is 9.97 Å². The number of halogens is 1. The number of H-pyrrole nitrogens is 1. The molecular formula is C15H9ClN4OS. The summed E-state index contributed by atoms with van der Waals surface area (Å²) in [5, 5.41) is 3.81. The molecule has 7 heteroatoms. The normalized spacial score (nSPS) is 11.1. The Bertz CT molecular complexity index is 974. The number of carbonyl (C=O) groups is 1. The second-order valence-corrected chi connectivity index (χ2v) is 6.10. The number of para-hydroxylation sites is 3. The minimum Gasteiger partial charge on any atom is -0.334 e. The van der Waals surface area contributed by atoms with Crippen molar-refractivity contribution in [2.45, 2.75) is 0 Å². The summed E-state index contributed by atoms with van der Waals surface area (Å²) in [7, 11) is 0. The Balaban J connectivity index is 1.66. The predicted octanol–water partition coefficient (Wildman–Crippen LogP) is 4.08. The Hall–Kier alpha value is -2.44. The van der Waals surface area contributed by atoms with E-state index in [0.29, 0.717) is 15.7 Å². The van der Waals surface area contributed by atoms with Crippen molar-refractivity contribution >= 4 is 55.2 Å². The van der Waals surface area contributed by atoms with Gasteiger partial charge in [0.15, 0.2) is 11.0 Å². The van der Waals surface area contributed by atoms with Crippen molar-refractivity contribution in [3.8, 4) is 0 Å². The van der Waals surface area contributed by atoms with Crippen LogP contribution in [0.5, 0.6) is 0 Å². The quantitative estimate of drug-likeness (QED) is 0.582. The zero-order chi connectivity index (χ0) is 15.1. The molecule has 2 aromatic heterocycles. The number of amides is 1. The Kier molecular flexibility index (Phi) is 3.06. The Labute approximate surface area is 134 Å². The molecule has 1 amide bonds. The fourth-order valence-electron chi connectivity index (χ4n) is 2.19. The van der Waals surface area contributed by atoms with Crippen molar-refractivity contribution in [2.75, 3.05) is 5.32 Å². The molecule has 0 aliphatic rings. The van der Waals surface area contributed by atoms with Gasteiger partial charge in [0.1, 0.15) is 5.52 Å². The Morgan fingerprint density at radius 1 is 1.14 bits per heavy atom. The summed E-state index contributed by atoms with van der Waals surface area (Å²) in [5.74, 6) is -0.0714. The van der Waals surface area contributed by atoms with E-state index >= 15 is 0 Å². The largest absolute Gasteiger partial charge is 0.334 e. The van der Waals surface area contributed by atoms with Crippen LogP contribution >= 0.6 is 22.9 Å². The molecule has 2 N–H and O–H groups in total. The first-order valence-corrected chi connectivity index (χ1v) is 7.71. The zero-order valence-corrected chi connectivity index (χ0v) is 12.7. The molecule has 2 aromatic carbocycles. The fourth-order valence-corrected chi connectivity index (χ4v) is 3.35. The Morgan fingerprint density at radius 3 is 2.82 bits per heavy atom. The molecule has 0 radical (unpaired) electrons. The van der Waals surface area contributed by atoms with Crippen molar-refractivity contribution in [1.82, 2.24) is 15.0 Å². The number of nitrogens with zero attached hydrogens (tertiary/aromatic N) is 2. The van der Waals surface area contributed by atoms with Crippen molar-refractivity contribution < 1.29 is 4.79 Å². The van der Waals surface area contributed by atoms with E-state index in [1.807, 2.05) is 36.4 Å². The second kappa shape index (κ2) is 5.08. The lowest BCUT2D eigenvalue weighted by atomic mass is 10.3. The number of nitrogens with one attached hydrogen (secondary N) is 2. The predicted molar refractivity (Wildman–Crippen MR) is 88.7 cm³/mol. The molecule has 0 unspecified atom stereocenters. The fraction of sp³-hybridized carbons (Fsp3) is 0. The maximum Gasteiger partial charge on any atom is 0.293 e. The van der Waals surface area contributed by atoms with E-state index in [9.17, 15) is 4.79 Å². The standard InChI is InChI=1S/C15H9ClN4OS/c16-8-4-3-7-11-12(8)19-15(22-11)20-14(21)13-17-9-5-1-2-6-10(9)18-13/h1-7H,(H,17,18)(H,19,20,21). The van der Waals surface area contributed by atoms with E-state index in [1.165, 1.54) is 11.3 Å². The molecule has 0 atom stereocenters. The topological polar surface area (TPSA) is 70.7 Å². The second-order valence-electron chi connectivity index (χ2n) is 4.66. The van der Waals surface area contributed by atoms with Gasteiger partial charge >= 0.3 is 0 Å². The van der Waals surface area contributed by atoms with E-state index in [4.69, 9.17) is 11.6 Å². The minimum absolute atomic E-state index is 0.256. The summed E-state index contributed by atoms with van der Waals surface area (Å²) in [6.07, 6.45) is 0. The van der Waals surface area contributed by atoms with Gasteiger partial charge in [0, 0.05) is 0 Å². The van der Waals surface area contributed by atoms with Crippen LogP contribution in [0.3, 0.4) is 0 Å². The molecule has 4 rings (SSSR count).